The first kappa shape index (κ1) is 10.0. The predicted molar refractivity (Wildman–Crippen MR) is 64.5 cm³/mol. The molecule has 0 spiro atoms. The van der Waals surface area contributed by atoms with Crippen LogP contribution in [0.1, 0.15) is 4.88 Å². The molecule has 0 amide bonds. The fourth-order valence-electron chi connectivity index (χ4n) is 1.30. The fraction of sp³-hybridized carbons (Fsp3) is 0.0909. The lowest BCUT2D eigenvalue weighted by atomic mass is 10.2. The Kier molecular flexibility index (Phi) is 2.82. The van der Waals surface area contributed by atoms with E-state index in [1.807, 2.05) is 24.3 Å². The van der Waals surface area contributed by atoms with Gasteiger partial charge < -0.3 is 0 Å². The van der Waals surface area contributed by atoms with Crippen LogP contribution < -0.4 is 0 Å². The molecule has 14 heavy (non-hydrogen) atoms. The van der Waals surface area contributed by atoms with Crippen molar-refractivity contribution in [1.82, 2.24) is 0 Å². The lowest BCUT2D eigenvalue weighted by Gasteiger charge is -2.03. The zero-order chi connectivity index (χ0) is 10.1. The zero-order valence-electron chi connectivity index (χ0n) is 7.55. The number of thiophene rings is 1. The van der Waals surface area contributed by atoms with E-state index in [0.717, 1.165) is 10.4 Å². The van der Waals surface area contributed by atoms with Gasteiger partial charge in [-0.1, -0.05) is 29.3 Å². The van der Waals surface area contributed by atoms with Crippen LogP contribution in [0.4, 0.5) is 0 Å². The summed E-state index contributed by atoms with van der Waals surface area (Å²) in [6, 6.07) is 9.69. The summed E-state index contributed by atoms with van der Waals surface area (Å²) in [7, 11) is 0. The van der Waals surface area contributed by atoms with Gasteiger partial charge in [-0.2, -0.15) is 0 Å². The molecule has 2 aromatic rings. The maximum absolute atomic E-state index is 6.10. The van der Waals surface area contributed by atoms with Gasteiger partial charge in [-0.25, -0.2) is 0 Å². The smallest absolute Gasteiger partial charge is 0.0507 e. The SMILES string of the molecule is Cc1ccc(-c2c(Cl)cccc2Cl)s1. The number of hydrogen-bond acceptors (Lipinski definition) is 1. The number of benzene rings is 1. The Bertz CT molecular complexity index is 440. The first-order valence-corrected chi connectivity index (χ1v) is 5.76. The summed E-state index contributed by atoms with van der Waals surface area (Å²) in [4.78, 5) is 2.38. The molecule has 0 unspecified atom stereocenters. The number of aryl methyl sites for hydroxylation is 1. The second-order valence-corrected chi connectivity index (χ2v) is 5.11. The van der Waals surface area contributed by atoms with Crippen molar-refractivity contribution in [3.63, 3.8) is 0 Å². The van der Waals surface area contributed by atoms with E-state index in [9.17, 15) is 0 Å². The highest BCUT2D eigenvalue weighted by atomic mass is 35.5. The Labute approximate surface area is 97.1 Å². The summed E-state index contributed by atoms with van der Waals surface area (Å²) in [5, 5.41) is 1.42. The topological polar surface area (TPSA) is 0 Å². The van der Waals surface area contributed by atoms with Crippen LogP contribution in [0.25, 0.3) is 10.4 Å². The second kappa shape index (κ2) is 3.93. The second-order valence-electron chi connectivity index (χ2n) is 3.01. The minimum Gasteiger partial charge on any atom is -0.141 e. The van der Waals surface area contributed by atoms with Gasteiger partial charge in [0, 0.05) is 15.3 Å². The van der Waals surface area contributed by atoms with E-state index in [1.165, 1.54) is 4.88 Å². The van der Waals surface area contributed by atoms with Crippen LogP contribution in [0.2, 0.25) is 10.0 Å². The first-order chi connectivity index (χ1) is 6.68. The van der Waals surface area contributed by atoms with Crippen LogP contribution in [-0.2, 0) is 0 Å². The summed E-state index contributed by atoms with van der Waals surface area (Å²) in [6.45, 7) is 2.07. The molecule has 0 bridgehead atoms. The van der Waals surface area contributed by atoms with Gasteiger partial charge in [0.1, 0.15) is 0 Å². The molecule has 1 aromatic heterocycles. The van der Waals surface area contributed by atoms with Gasteiger partial charge in [-0.3, -0.25) is 0 Å². The van der Waals surface area contributed by atoms with Gasteiger partial charge in [0.15, 0.2) is 0 Å². The van der Waals surface area contributed by atoms with Gasteiger partial charge >= 0.3 is 0 Å². The molecule has 0 aliphatic carbocycles. The van der Waals surface area contributed by atoms with Crippen molar-refractivity contribution < 1.29 is 0 Å². The minimum atomic E-state index is 0.708. The first-order valence-electron chi connectivity index (χ1n) is 4.19. The Morgan fingerprint density at radius 2 is 1.64 bits per heavy atom. The molecule has 0 fully saturated rings. The van der Waals surface area contributed by atoms with E-state index >= 15 is 0 Å². The maximum Gasteiger partial charge on any atom is 0.0507 e. The van der Waals surface area contributed by atoms with Crippen molar-refractivity contribution in [1.29, 1.82) is 0 Å². The van der Waals surface area contributed by atoms with E-state index in [4.69, 9.17) is 23.2 Å². The summed E-state index contributed by atoms with van der Waals surface area (Å²) in [6.07, 6.45) is 0. The highest BCUT2D eigenvalue weighted by Crippen LogP contribution is 2.38. The third kappa shape index (κ3) is 1.81. The van der Waals surface area contributed by atoms with Crippen LogP contribution in [0.5, 0.6) is 0 Å². The lowest BCUT2D eigenvalue weighted by Crippen LogP contribution is -1.76. The Balaban J connectivity index is 2.61. The summed E-state index contributed by atoms with van der Waals surface area (Å²) in [5.74, 6) is 0. The van der Waals surface area contributed by atoms with Crippen LogP contribution in [0.15, 0.2) is 30.3 Å². The average Bonchev–Trinajstić information content (AvgIpc) is 2.51. The van der Waals surface area contributed by atoms with E-state index in [1.54, 1.807) is 11.3 Å². The molecule has 1 heterocycles. The van der Waals surface area contributed by atoms with Crippen molar-refractivity contribution in [3.05, 3.63) is 45.3 Å². The Morgan fingerprint density at radius 1 is 1.00 bits per heavy atom. The van der Waals surface area contributed by atoms with Crippen molar-refractivity contribution in [2.24, 2.45) is 0 Å². The van der Waals surface area contributed by atoms with Crippen molar-refractivity contribution >= 4 is 34.5 Å². The molecule has 0 atom stereocenters. The van der Waals surface area contributed by atoms with Gasteiger partial charge in [0.2, 0.25) is 0 Å². The van der Waals surface area contributed by atoms with Crippen LogP contribution in [0.3, 0.4) is 0 Å². The molecule has 1 aromatic carbocycles. The largest absolute Gasteiger partial charge is 0.141 e. The summed E-state index contributed by atoms with van der Waals surface area (Å²) >= 11 is 13.9. The maximum atomic E-state index is 6.10. The van der Waals surface area contributed by atoms with Crippen molar-refractivity contribution in [2.45, 2.75) is 6.92 Å². The van der Waals surface area contributed by atoms with Gasteiger partial charge in [-0.15, -0.1) is 11.3 Å². The molecule has 0 N–H and O–H groups in total. The van der Waals surface area contributed by atoms with Gasteiger partial charge in [0.25, 0.3) is 0 Å². The Hall–Kier alpha value is -0.500. The molecule has 0 aliphatic heterocycles. The third-order valence-corrected chi connectivity index (χ3v) is 3.60. The Morgan fingerprint density at radius 3 is 2.14 bits per heavy atom. The highest BCUT2D eigenvalue weighted by Gasteiger charge is 2.09. The molecule has 0 aliphatic rings. The molecule has 0 nitrogen and oxygen atoms in total. The summed E-state index contributed by atoms with van der Waals surface area (Å²) in [5.41, 5.74) is 0.939. The number of hydrogen-bond donors (Lipinski definition) is 0. The van der Waals surface area contributed by atoms with Gasteiger partial charge in [-0.05, 0) is 31.2 Å². The molecule has 72 valence electrons. The molecule has 0 saturated carbocycles. The number of halogens is 2. The van der Waals surface area contributed by atoms with Crippen LogP contribution in [0, 0.1) is 6.92 Å². The monoisotopic (exact) mass is 242 g/mol. The molecule has 0 saturated heterocycles. The average molecular weight is 243 g/mol. The lowest BCUT2D eigenvalue weighted by molar-refractivity contribution is 1.64. The van der Waals surface area contributed by atoms with Gasteiger partial charge in [0.05, 0.1) is 10.0 Å². The van der Waals surface area contributed by atoms with E-state index in [0.29, 0.717) is 10.0 Å². The predicted octanol–water partition coefficient (Wildman–Crippen LogP) is 5.03. The minimum absolute atomic E-state index is 0.708. The number of rotatable bonds is 1. The highest BCUT2D eigenvalue weighted by molar-refractivity contribution is 7.15. The molecule has 0 radical (unpaired) electrons. The van der Waals surface area contributed by atoms with Crippen LogP contribution >= 0.6 is 34.5 Å². The molecular formula is C11H8Cl2S. The molecule has 3 heteroatoms. The van der Waals surface area contributed by atoms with Crippen molar-refractivity contribution in [3.8, 4) is 10.4 Å². The third-order valence-electron chi connectivity index (χ3n) is 1.95. The van der Waals surface area contributed by atoms with E-state index in [2.05, 4.69) is 13.0 Å². The van der Waals surface area contributed by atoms with E-state index < -0.39 is 0 Å². The standard InChI is InChI=1S/C11H8Cl2S/c1-7-5-6-10(14-7)11-8(12)3-2-4-9(11)13/h2-6H,1H3. The van der Waals surface area contributed by atoms with Crippen molar-refractivity contribution in [2.75, 3.05) is 0 Å². The quantitative estimate of drug-likeness (QED) is 0.658. The van der Waals surface area contributed by atoms with Crippen LogP contribution in [-0.4, -0.2) is 0 Å². The normalized spacial score (nSPS) is 10.5. The summed E-state index contributed by atoms with van der Waals surface area (Å²) < 4.78 is 0. The zero-order valence-corrected chi connectivity index (χ0v) is 9.88. The molecular weight excluding hydrogens is 235 g/mol. The van der Waals surface area contributed by atoms with E-state index in [-0.39, 0.29) is 0 Å². The molecule has 2 rings (SSSR count). The fourth-order valence-corrected chi connectivity index (χ4v) is 2.96.